The van der Waals surface area contributed by atoms with Gasteiger partial charge in [0.05, 0.1) is 11.6 Å². The number of rotatable bonds is 4. The lowest BCUT2D eigenvalue weighted by molar-refractivity contribution is 0.0717. The molecule has 1 saturated heterocycles. The van der Waals surface area contributed by atoms with Crippen LogP contribution in [0.4, 0.5) is 0 Å². The maximum Gasteiger partial charge on any atom is 0.254 e. The van der Waals surface area contributed by atoms with Crippen LogP contribution in [-0.4, -0.2) is 47.9 Å². The summed E-state index contributed by atoms with van der Waals surface area (Å²) in [6, 6.07) is 16.5. The molecule has 0 aromatic heterocycles. The largest absolute Gasteiger partial charge is 0.337 e. The number of nitriles is 1. The number of nitrogens with zero attached hydrogens (tertiary/aromatic N) is 3. The number of hydrogen-bond donors (Lipinski definition) is 0. The van der Waals surface area contributed by atoms with Crippen molar-refractivity contribution in [3.8, 4) is 17.2 Å². The van der Waals surface area contributed by atoms with Crippen molar-refractivity contribution in [2.45, 2.75) is 32.2 Å². The van der Waals surface area contributed by atoms with Crippen molar-refractivity contribution in [1.29, 1.82) is 5.26 Å². The zero-order chi connectivity index (χ0) is 18.8. The second-order valence-electron chi connectivity index (χ2n) is 7.63. The monoisotopic (exact) mass is 359 g/mol. The highest BCUT2D eigenvalue weighted by molar-refractivity contribution is 5.98. The molecule has 0 N–H and O–H groups in total. The number of hydrogen-bond acceptors (Lipinski definition) is 3. The van der Waals surface area contributed by atoms with Crippen LogP contribution in [0.2, 0.25) is 0 Å². The van der Waals surface area contributed by atoms with Crippen LogP contribution in [0.15, 0.2) is 42.5 Å². The van der Waals surface area contributed by atoms with Crippen molar-refractivity contribution < 1.29 is 4.79 Å². The van der Waals surface area contributed by atoms with Crippen LogP contribution in [0.25, 0.3) is 11.1 Å². The fourth-order valence-electron chi connectivity index (χ4n) is 4.23. The lowest BCUT2D eigenvalue weighted by Gasteiger charge is -2.31. The number of carbonyl (C=O) groups excluding carboxylic acids is 1. The van der Waals surface area contributed by atoms with Crippen LogP contribution in [0.5, 0.6) is 0 Å². The van der Waals surface area contributed by atoms with Crippen molar-refractivity contribution in [1.82, 2.24) is 9.80 Å². The Bertz CT molecular complexity index is 881. The number of carbonyl (C=O) groups is 1. The molecule has 4 rings (SSSR count). The highest BCUT2D eigenvalue weighted by Gasteiger charge is 2.26. The first-order chi connectivity index (χ1) is 13.2. The van der Waals surface area contributed by atoms with E-state index in [-0.39, 0.29) is 5.91 Å². The third kappa shape index (κ3) is 3.61. The summed E-state index contributed by atoms with van der Waals surface area (Å²) in [5.41, 5.74) is 4.69. The highest BCUT2D eigenvalue weighted by atomic mass is 16.2. The van der Waals surface area contributed by atoms with Gasteiger partial charge in [0, 0.05) is 31.2 Å². The number of likely N-dealkylation sites (tertiary alicyclic amines) is 1. The summed E-state index contributed by atoms with van der Waals surface area (Å²) in [4.78, 5) is 17.6. The lowest BCUT2D eigenvalue weighted by atomic mass is 9.94. The first kappa shape index (κ1) is 17.8. The molecule has 1 fully saturated rings. The lowest BCUT2D eigenvalue weighted by Crippen LogP contribution is -2.43. The number of amides is 1. The second kappa shape index (κ2) is 7.54. The SMILES string of the molecule is C[C@@H]1CCCN1CCN1CCc2ccc(-c3ccc(C#N)cc3)cc2C1=O. The van der Waals surface area contributed by atoms with Gasteiger partial charge in [-0.3, -0.25) is 9.69 Å². The molecule has 0 aliphatic carbocycles. The normalized spacial score (nSPS) is 19.8. The molecule has 1 amide bonds. The van der Waals surface area contributed by atoms with Gasteiger partial charge < -0.3 is 4.90 Å². The summed E-state index contributed by atoms with van der Waals surface area (Å²) < 4.78 is 0. The van der Waals surface area contributed by atoms with Gasteiger partial charge in [-0.1, -0.05) is 24.3 Å². The third-order valence-corrected chi connectivity index (χ3v) is 5.97. The molecule has 27 heavy (non-hydrogen) atoms. The average molecular weight is 359 g/mol. The van der Waals surface area contributed by atoms with Gasteiger partial charge in [-0.15, -0.1) is 0 Å². The molecule has 2 aliphatic heterocycles. The predicted molar refractivity (Wildman–Crippen MR) is 106 cm³/mol. The Morgan fingerprint density at radius 3 is 2.56 bits per heavy atom. The van der Waals surface area contributed by atoms with Gasteiger partial charge in [-0.2, -0.15) is 5.26 Å². The zero-order valence-corrected chi connectivity index (χ0v) is 15.8. The van der Waals surface area contributed by atoms with Gasteiger partial charge in [0.25, 0.3) is 5.91 Å². The maximum absolute atomic E-state index is 13.1. The molecule has 2 heterocycles. The minimum absolute atomic E-state index is 0.151. The molecule has 0 saturated carbocycles. The van der Waals surface area contributed by atoms with Crippen molar-refractivity contribution in [3.05, 3.63) is 59.2 Å². The van der Waals surface area contributed by atoms with E-state index in [1.165, 1.54) is 12.8 Å². The molecule has 4 nitrogen and oxygen atoms in total. The topological polar surface area (TPSA) is 47.3 Å². The Morgan fingerprint density at radius 1 is 1.07 bits per heavy atom. The van der Waals surface area contributed by atoms with E-state index in [2.05, 4.69) is 30.0 Å². The summed E-state index contributed by atoms with van der Waals surface area (Å²) in [6.45, 7) is 6.03. The van der Waals surface area contributed by atoms with Crippen molar-refractivity contribution in [2.24, 2.45) is 0 Å². The van der Waals surface area contributed by atoms with Crippen molar-refractivity contribution in [3.63, 3.8) is 0 Å². The van der Waals surface area contributed by atoms with Crippen molar-refractivity contribution >= 4 is 5.91 Å². The average Bonchev–Trinajstić information content (AvgIpc) is 3.12. The molecule has 0 spiro atoms. The van der Waals surface area contributed by atoms with Gasteiger partial charge in [-0.05, 0) is 67.6 Å². The van der Waals surface area contributed by atoms with E-state index in [1.54, 1.807) is 0 Å². The predicted octanol–water partition coefficient (Wildman–Crippen LogP) is 3.71. The Morgan fingerprint density at radius 2 is 1.85 bits per heavy atom. The third-order valence-electron chi connectivity index (χ3n) is 5.97. The van der Waals surface area contributed by atoms with Crippen LogP contribution in [0, 0.1) is 11.3 Å². The fourth-order valence-corrected chi connectivity index (χ4v) is 4.23. The molecule has 2 aliphatic rings. The molecule has 138 valence electrons. The van der Waals surface area contributed by atoms with Gasteiger partial charge in [-0.25, -0.2) is 0 Å². The molecule has 2 aromatic rings. The maximum atomic E-state index is 13.1. The smallest absolute Gasteiger partial charge is 0.254 e. The Hall–Kier alpha value is -2.64. The zero-order valence-electron chi connectivity index (χ0n) is 15.8. The quantitative estimate of drug-likeness (QED) is 0.836. The molecule has 4 heteroatoms. The summed E-state index contributed by atoms with van der Waals surface area (Å²) in [7, 11) is 0. The van der Waals surface area contributed by atoms with Gasteiger partial charge >= 0.3 is 0 Å². The Kier molecular flexibility index (Phi) is 4.96. The molecule has 2 aromatic carbocycles. The molecule has 1 atom stereocenters. The molecule has 0 bridgehead atoms. The van der Waals surface area contributed by atoms with E-state index in [0.29, 0.717) is 11.6 Å². The van der Waals surface area contributed by atoms with Crippen LogP contribution >= 0.6 is 0 Å². The highest BCUT2D eigenvalue weighted by Crippen LogP contribution is 2.27. The van der Waals surface area contributed by atoms with Gasteiger partial charge in [0.2, 0.25) is 0 Å². The van der Waals surface area contributed by atoms with Gasteiger partial charge in [0.15, 0.2) is 0 Å². The Balaban J connectivity index is 1.51. The molecular formula is C23H25N3O. The van der Waals surface area contributed by atoms with Gasteiger partial charge in [0.1, 0.15) is 0 Å². The van der Waals surface area contributed by atoms with E-state index in [0.717, 1.165) is 54.9 Å². The summed E-state index contributed by atoms with van der Waals surface area (Å²) in [5, 5.41) is 8.96. The molecule has 0 radical (unpaired) electrons. The minimum atomic E-state index is 0.151. The van der Waals surface area contributed by atoms with E-state index in [4.69, 9.17) is 5.26 Å². The Labute approximate surface area is 161 Å². The first-order valence-electron chi connectivity index (χ1n) is 9.82. The van der Waals surface area contributed by atoms with E-state index in [1.807, 2.05) is 35.2 Å². The summed E-state index contributed by atoms with van der Waals surface area (Å²) in [5.74, 6) is 0.151. The second-order valence-corrected chi connectivity index (χ2v) is 7.63. The summed E-state index contributed by atoms with van der Waals surface area (Å²) >= 11 is 0. The first-order valence-corrected chi connectivity index (χ1v) is 9.82. The van der Waals surface area contributed by atoms with E-state index >= 15 is 0 Å². The van der Waals surface area contributed by atoms with Crippen LogP contribution < -0.4 is 0 Å². The van der Waals surface area contributed by atoms with Crippen LogP contribution in [-0.2, 0) is 6.42 Å². The van der Waals surface area contributed by atoms with Crippen molar-refractivity contribution in [2.75, 3.05) is 26.2 Å². The standard InChI is InChI=1S/C23H25N3O/c1-17-3-2-11-25(17)13-14-26-12-10-20-8-9-21(15-22(20)23(26)27)19-6-4-18(16-24)5-7-19/h4-9,15,17H,2-3,10-14H2,1H3/t17-/m1/s1. The van der Waals surface area contributed by atoms with E-state index < -0.39 is 0 Å². The fraction of sp³-hybridized carbons (Fsp3) is 0.391. The minimum Gasteiger partial charge on any atom is -0.337 e. The van der Waals surface area contributed by atoms with Crippen LogP contribution in [0.1, 0.15) is 41.3 Å². The molecule has 0 unspecified atom stereocenters. The van der Waals surface area contributed by atoms with Crippen LogP contribution in [0.3, 0.4) is 0 Å². The van der Waals surface area contributed by atoms with E-state index in [9.17, 15) is 4.79 Å². The number of fused-ring (bicyclic) bond motifs is 1. The molecular weight excluding hydrogens is 334 g/mol. The summed E-state index contributed by atoms with van der Waals surface area (Å²) in [6.07, 6.45) is 3.46. The number of benzene rings is 2.